The van der Waals surface area contributed by atoms with Gasteiger partial charge in [-0.3, -0.25) is 0 Å². The molecular weight excluding hydrogens is 298 g/mol. The number of rotatable bonds is 5. The van der Waals surface area contributed by atoms with Gasteiger partial charge in [0.05, 0.1) is 0 Å². The zero-order valence-corrected chi connectivity index (χ0v) is 14.8. The average Bonchev–Trinajstić information content (AvgIpc) is 2.58. The Hall–Kier alpha value is -2.30. The molecule has 24 heavy (non-hydrogen) atoms. The summed E-state index contributed by atoms with van der Waals surface area (Å²) in [6.07, 6.45) is 5.00. The van der Waals surface area contributed by atoms with Crippen LogP contribution >= 0.6 is 0 Å². The van der Waals surface area contributed by atoms with Crippen LogP contribution < -0.4 is 15.5 Å². The van der Waals surface area contributed by atoms with Crippen molar-refractivity contribution in [2.75, 3.05) is 29.6 Å². The van der Waals surface area contributed by atoms with Crippen molar-refractivity contribution >= 4 is 23.3 Å². The number of anilines is 4. The van der Waals surface area contributed by atoms with Gasteiger partial charge in [0.1, 0.15) is 11.6 Å². The zero-order chi connectivity index (χ0) is 16.9. The van der Waals surface area contributed by atoms with Gasteiger partial charge in [0.2, 0.25) is 5.95 Å². The van der Waals surface area contributed by atoms with Crippen molar-refractivity contribution in [3.8, 4) is 0 Å². The summed E-state index contributed by atoms with van der Waals surface area (Å²) in [6.45, 7) is 2.34. The fourth-order valence-corrected chi connectivity index (χ4v) is 3.06. The first-order valence-corrected chi connectivity index (χ1v) is 8.75. The molecule has 5 nitrogen and oxygen atoms in total. The molecule has 0 bridgehead atoms. The third-order valence-electron chi connectivity index (χ3n) is 4.57. The van der Waals surface area contributed by atoms with Crippen molar-refractivity contribution in [2.45, 2.75) is 38.6 Å². The van der Waals surface area contributed by atoms with Gasteiger partial charge in [-0.05, 0) is 43.7 Å². The maximum absolute atomic E-state index is 4.66. The Kier molecular flexibility index (Phi) is 5.18. The Morgan fingerprint density at radius 3 is 2.38 bits per heavy atom. The van der Waals surface area contributed by atoms with Crippen LogP contribution in [0, 0.1) is 5.92 Å². The number of nitrogens with one attached hydrogen (secondary N) is 2. The molecule has 0 unspecified atom stereocenters. The molecule has 2 aromatic rings. The highest BCUT2D eigenvalue weighted by atomic mass is 15.2. The number of aromatic nitrogens is 2. The van der Waals surface area contributed by atoms with Crippen LogP contribution in [-0.4, -0.2) is 30.1 Å². The number of hydrogen-bond donors (Lipinski definition) is 2. The van der Waals surface area contributed by atoms with E-state index in [4.69, 9.17) is 0 Å². The van der Waals surface area contributed by atoms with Crippen molar-refractivity contribution in [2.24, 2.45) is 5.92 Å². The SMILES string of the molecule is CC1CCC(Nc2cc(N(C)C)nc(Nc3ccccc3)n2)CC1. The van der Waals surface area contributed by atoms with E-state index in [0.29, 0.717) is 12.0 Å². The molecular formula is C19H27N5. The van der Waals surface area contributed by atoms with Gasteiger partial charge < -0.3 is 15.5 Å². The summed E-state index contributed by atoms with van der Waals surface area (Å²) < 4.78 is 0. The Labute approximate surface area is 144 Å². The number of hydrogen-bond acceptors (Lipinski definition) is 5. The van der Waals surface area contributed by atoms with Gasteiger partial charge in [-0.2, -0.15) is 9.97 Å². The fourth-order valence-electron chi connectivity index (χ4n) is 3.06. The summed E-state index contributed by atoms with van der Waals surface area (Å²) in [6, 6.07) is 12.6. The van der Waals surface area contributed by atoms with E-state index in [9.17, 15) is 0 Å². The van der Waals surface area contributed by atoms with E-state index >= 15 is 0 Å². The number of nitrogens with zero attached hydrogens (tertiary/aromatic N) is 3. The van der Waals surface area contributed by atoms with Crippen LogP contribution in [0.3, 0.4) is 0 Å². The van der Waals surface area contributed by atoms with E-state index in [2.05, 4.69) is 27.5 Å². The van der Waals surface area contributed by atoms with Crippen molar-refractivity contribution < 1.29 is 0 Å². The first-order chi connectivity index (χ1) is 11.6. The maximum atomic E-state index is 4.66. The van der Waals surface area contributed by atoms with E-state index in [1.165, 1.54) is 25.7 Å². The second-order valence-corrected chi connectivity index (χ2v) is 6.92. The van der Waals surface area contributed by atoms with Gasteiger partial charge in [-0.1, -0.05) is 25.1 Å². The Bertz CT molecular complexity index is 648. The first-order valence-electron chi connectivity index (χ1n) is 8.75. The van der Waals surface area contributed by atoms with Crippen molar-refractivity contribution in [3.05, 3.63) is 36.4 Å². The molecule has 0 spiro atoms. The van der Waals surface area contributed by atoms with Crippen LogP contribution in [0.25, 0.3) is 0 Å². The molecule has 0 amide bonds. The third-order valence-corrected chi connectivity index (χ3v) is 4.57. The van der Waals surface area contributed by atoms with Crippen LogP contribution in [0.2, 0.25) is 0 Å². The van der Waals surface area contributed by atoms with Crippen LogP contribution in [0.15, 0.2) is 36.4 Å². The molecule has 0 aliphatic heterocycles. The highest BCUT2D eigenvalue weighted by Crippen LogP contribution is 2.27. The van der Waals surface area contributed by atoms with E-state index in [0.717, 1.165) is 23.2 Å². The quantitative estimate of drug-likeness (QED) is 0.859. The molecule has 1 heterocycles. The van der Waals surface area contributed by atoms with Gasteiger partial charge in [0, 0.05) is 31.9 Å². The number of para-hydroxylation sites is 1. The largest absolute Gasteiger partial charge is 0.367 e. The molecule has 1 aromatic heterocycles. The normalized spacial score (nSPS) is 20.5. The first kappa shape index (κ1) is 16.6. The average molecular weight is 325 g/mol. The van der Waals surface area contributed by atoms with E-state index in [1.807, 2.05) is 55.4 Å². The monoisotopic (exact) mass is 325 g/mol. The lowest BCUT2D eigenvalue weighted by molar-refractivity contribution is 0.361. The zero-order valence-electron chi connectivity index (χ0n) is 14.8. The third kappa shape index (κ3) is 4.37. The molecule has 128 valence electrons. The topological polar surface area (TPSA) is 53.1 Å². The lowest BCUT2D eigenvalue weighted by atomic mass is 9.87. The number of benzene rings is 1. The molecule has 1 fully saturated rings. The fraction of sp³-hybridized carbons (Fsp3) is 0.474. The summed E-state index contributed by atoms with van der Waals surface area (Å²) in [5.74, 6) is 3.27. The van der Waals surface area contributed by atoms with Gasteiger partial charge in [0.25, 0.3) is 0 Å². The maximum Gasteiger partial charge on any atom is 0.231 e. The molecule has 5 heteroatoms. The van der Waals surface area contributed by atoms with Crippen LogP contribution in [0.5, 0.6) is 0 Å². The molecule has 0 radical (unpaired) electrons. The molecule has 1 aromatic carbocycles. The van der Waals surface area contributed by atoms with Crippen LogP contribution in [0.4, 0.5) is 23.3 Å². The predicted octanol–water partition coefficient (Wildman–Crippen LogP) is 4.28. The highest BCUT2D eigenvalue weighted by molar-refractivity contribution is 5.59. The summed E-state index contributed by atoms with van der Waals surface area (Å²) in [4.78, 5) is 11.3. The molecule has 3 rings (SSSR count). The van der Waals surface area contributed by atoms with E-state index in [1.54, 1.807) is 0 Å². The summed E-state index contributed by atoms with van der Waals surface area (Å²) in [5.41, 5.74) is 0.992. The van der Waals surface area contributed by atoms with Gasteiger partial charge >= 0.3 is 0 Å². The summed E-state index contributed by atoms with van der Waals surface area (Å²) >= 11 is 0. The highest BCUT2D eigenvalue weighted by Gasteiger charge is 2.19. The lowest BCUT2D eigenvalue weighted by Gasteiger charge is -2.27. The van der Waals surface area contributed by atoms with Gasteiger partial charge in [-0.25, -0.2) is 0 Å². The van der Waals surface area contributed by atoms with E-state index < -0.39 is 0 Å². The predicted molar refractivity (Wildman–Crippen MR) is 101 cm³/mol. The Balaban J connectivity index is 1.78. The van der Waals surface area contributed by atoms with Gasteiger partial charge in [-0.15, -0.1) is 0 Å². The minimum absolute atomic E-state index is 0.510. The minimum Gasteiger partial charge on any atom is -0.367 e. The molecule has 0 atom stereocenters. The van der Waals surface area contributed by atoms with Crippen molar-refractivity contribution in [1.29, 1.82) is 0 Å². The van der Waals surface area contributed by atoms with E-state index in [-0.39, 0.29) is 0 Å². The van der Waals surface area contributed by atoms with Crippen molar-refractivity contribution in [1.82, 2.24) is 9.97 Å². The van der Waals surface area contributed by atoms with Crippen LogP contribution in [0.1, 0.15) is 32.6 Å². The van der Waals surface area contributed by atoms with Crippen LogP contribution in [-0.2, 0) is 0 Å². The Morgan fingerprint density at radius 2 is 1.71 bits per heavy atom. The second-order valence-electron chi connectivity index (χ2n) is 6.92. The molecule has 1 aliphatic carbocycles. The molecule has 1 aliphatic rings. The summed E-state index contributed by atoms with van der Waals surface area (Å²) in [5, 5.41) is 6.90. The second kappa shape index (κ2) is 7.51. The minimum atomic E-state index is 0.510. The molecule has 1 saturated carbocycles. The standard InChI is InChI=1S/C19H27N5/c1-14-9-11-16(12-10-14)20-17-13-18(24(2)3)23-19(22-17)21-15-7-5-4-6-8-15/h4-8,13-14,16H,9-12H2,1-3H3,(H2,20,21,22,23). The van der Waals surface area contributed by atoms with Crippen molar-refractivity contribution in [3.63, 3.8) is 0 Å². The Morgan fingerprint density at radius 1 is 1.00 bits per heavy atom. The smallest absolute Gasteiger partial charge is 0.231 e. The van der Waals surface area contributed by atoms with Gasteiger partial charge in [0.15, 0.2) is 0 Å². The molecule has 0 saturated heterocycles. The summed E-state index contributed by atoms with van der Waals surface area (Å²) in [7, 11) is 4.00. The lowest BCUT2D eigenvalue weighted by Crippen LogP contribution is -2.26. The molecule has 2 N–H and O–H groups in total.